The van der Waals surface area contributed by atoms with Crippen LogP contribution in [-0.4, -0.2) is 25.3 Å². The van der Waals surface area contributed by atoms with Crippen molar-refractivity contribution in [3.05, 3.63) is 30.1 Å². The van der Waals surface area contributed by atoms with Crippen LogP contribution in [0.25, 0.3) is 0 Å². The summed E-state index contributed by atoms with van der Waals surface area (Å²) in [5.41, 5.74) is 5.47. The van der Waals surface area contributed by atoms with Gasteiger partial charge in [0.05, 0.1) is 0 Å². The number of hydrogen-bond donors (Lipinski definition) is 1. The minimum Gasteiger partial charge on any atom is -0.359 e. The van der Waals surface area contributed by atoms with Crippen molar-refractivity contribution in [1.82, 2.24) is 0 Å². The van der Waals surface area contributed by atoms with Gasteiger partial charge >= 0.3 is 6.18 Å². The van der Waals surface area contributed by atoms with Gasteiger partial charge in [0, 0.05) is 18.8 Å². The first-order chi connectivity index (χ1) is 7.90. The number of halogens is 4. The van der Waals surface area contributed by atoms with E-state index in [0.29, 0.717) is 5.69 Å². The molecule has 0 aromatic heterocycles. The Balaban J connectivity index is 3.01. The van der Waals surface area contributed by atoms with E-state index in [1.165, 1.54) is 12.1 Å². The number of benzene rings is 1. The van der Waals surface area contributed by atoms with Crippen LogP contribution in [0.15, 0.2) is 24.3 Å². The van der Waals surface area contributed by atoms with Crippen LogP contribution in [0.2, 0.25) is 0 Å². The summed E-state index contributed by atoms with van der Waals surface area (Å²) in [7, 11) is 0. The molecule has 0 spiro atoms. The summed E-state index contributed by atoms with van der Waals surface area (Å²) in [4.78, 5) is 1.11. The summed E-state index contributed by atoms with van der Waals surface area (Å²) in [6.07, 6.45) is -4.40. The second-order valence-electron chi connectivity index (χ2n) is 3.56. The highest BCUT2D eigenvalue weighted by molar-refractivity contribution is 5.47. The van der Waals surface area contributed by atoms with Gasteiger partial charge in [-0.25, -0.2) is 4.39 Å². The summed E-state index contributed by atoms with van der Waals surface area (Å²) in [5.74, 6) is -0.485. The predicted molar refractivity (Wildman–Crippen MR) is 58.3 cm³/mol. The smallest absolute Gasteiger partial charge is 0.359 e. The molecule has 1 aromatic carbocycles. The Bertz CT molecular complexity index is 347. The molecule has 1 aromatic rings. The number of rotatable bonds is 4. The highest BCUT2D eigenvalue weighted by atomic mass is 19.4. The average molecular weight is 250 g/mol. The fourth-order valence-corrected chi connectivity index (χ4v) is 1.65. The number of nitrogens with two attached hydrogens (primary N) is 1. The van der Waals surface area contributed by atoms with E-state index in [2.05, 4.69) is 0 Å². The van der Waals surface area contributed by atoms with Crippen LogP contribution < -0.4 is 10.6 Å². The molecule has 0 aliphatic carbocycles. The predicted octanol–water partition coefficient (Wildman–Crippen LogP) is 2.54. The monoisotopic (exact) mass is 250 g/mol. The van der Waals surface area contributed by atoms with Crippen LogP contribution in [-0.2, 0) is 0 Å². The van der Waals surface area contributed by atoms with Gasteiger partial charge in [-0.2, -0.15) is 13.2 Å². The zero-order valence-corrected chi connectivity index (χ0v) is 9.34. The molecule has 1 unspecified atom stereocenters. The van der Waals surface area contributed by atoms with Crippen LogP contribution in [0.3, 0.4) is 0 Å². The van der Waals surface area contributed by atoms with E-state index in [-0.39, 0.29) is 6.54 Å². The number of hydrogen-bond acceptors (Lipinski definition) is 2. The van der Waals surface area contributed by atoms with Gasteiger partial charge in [0.1, 0.15) is 11.9 Å². The summed E-state index contributed by atoms with van der Waals surface area (Å²) < 4.78 is 50.9. The molecule has 0 saturated heterocycles. The lowest BCUT2D eigenvalue weighted by molar-refractivity contribution is -0.146. The molecule has 0 amide bonds. The fraction of sp³-hybridized carbons (Fsp3) is 0.455. The molecule has 2 nitrogen and oxygen atoms in total. The maximum atomic E-state index is 12.7. The van der Waals surface area contributed by atoms with Crippen LogP contribution in [0.1, 0.15) is 6.92 Å². The average Bonchev–Trinajstić information content (AvgIpc) is 2.25. The van der Waals surface area contributed by atoms with E-state index < -0.39 is 24.6 Å². The first kappa shape index (κ1) is 13.8. The molecule has 2 N–H and O–H groups in total. The first-order valence-corrected chi connectivity index (χ1v) is 5.19. The minimum absolute atomic E-state index is 0.146. The quantitative estimate of drug-likeness (QED) is 0.832. The van der Waals surface area contributed by atoms with E-state index in [1.807, 2.05) is 0 Å². The second-order valence-corrected chi connectivity index (χ2v) is 3.56. The lowest BCUT2D eigenvalue weighted by atomic mass is 10.2. The third-order valence-electron chi connectivity index (χ3n) is 2.48. The van der Waals surface area contributed by atoms with Gasteiger partial charge in [-0.1, -0.05) is 0 Å². The molecule has 0 aliphatic rings. The van der Waals surface area contributed by atoms with E-state index >= 15 is 0 Å². The molecular formula is C11H14F4N2. The maximum absolute atomic E-state index is 12.7. The van der Waals surface area contributed by atoms with Crippen molar-refractivity contribution in [2.45, 2.75) is 19.1 Å². The van der Waals surface area contributed by atoms with Crippen molar-refractivity contribution in [2.24, 2.45) is 5.73 Å². The normalized spacial score (nSPS) is 13.5. The molecule has 0 fully saturated rings. The molecule has 6 heteroatoms. The first-order valence-electron chi connectivity index (χ1n) is 5.19. The van der Waals surface area contributed by atoms with Crippen LogP contribution in [0, 0.1) is 5.82 Å². The maximum Gasteiger partial charge on any atom is 0.409 e. The Kier molecular flexibility index (Phi) is 4.34. The molecular weight excluding hydrogens is 236 g/mol. The molecule has 0 bridgehead atoms. The Morgan fingerprint density at radius 1 is 1.24 bits per heavy atom. The zero-order chi connectivity index (χ0) is 13.1. The molecule has 1 atom stereocenters. The van der Waals surface area contributed by atoms with Crippen molar-refractivity contribution in [1.29, 1.82) is 0 Å². The van der Waals surface area contributed by atoms with Crippen LogP contribution in [0.4, 0.5) is 23.2 Å². The number of alkyl halides is 3. The number of nitrogens with zero attached hydrogens (tertiary/aromatic N) is 1. The molecule has 0 saturated carbocycles. The Morgan fingerprint density at radius 2 is 1.76 bits per heavy atom. The Hall–Kier alpha value is -1.30. The number of likely N-dealkylation sites (N-methyl/N-ethyl adjacent to an activating group) is 1. The van der Waals surface area contributed by atoms with Crippen molar-refractivity contribution >= 4 is 5.69 Å². The van der Waals surface area contributed by atoms with Crippen molar-refractivity contribution in [2.75, 3.05) is 18.0 Å². The van der Waals surface area contributed by atoms with Crippen LogP contribution in [0.5, 0.6) is 0 Å². The lowest BCUT2D eigenvalue weighted by Crippen LogP contribution is -2.50. The summed E-state index contributed by atoms with van der Waals surface area (Å²) >= 11 is 0. The Morgan fingerprint density at radius 3 is 2.12 bits per heavy atom. The van der Waals surface area contributed by atoms with E-state index in [1.54, 1.807) is 6.92 Å². The third kappa shape index (κ3) is 3.33. The fourth-order valence-electron chi connectivity index (χ4n) is 1.65. The van der Waals surface area contributed by atoms with Gasteiger partial charge in [-0.3, -0.25) is 0 Å². The molecule has 96 valence electrons. The second kappa shape index (κ2) is 5.35. The third-order valence-corrected chi connectivity index (χ3v) is 2.48. The standard InChI is InChI=1S/C11H14F4N2/c1-2-17(10(7-16)11(13,14)15)9-5-3-8(12)4-6-9/h3-6,10H,2,7,16H2,1H3. The van der Waals surface area contributed by atoms with Crippen molar-refractivity contribution in [3.8, 4) is 0 Å². The molecule has 0 radical (unpaired) electrons. The van der Waals surface area contributed by atoms with Gasteiger partial charge < -0.3 is 10.6 Å². The van der Waals surface area contributed by atoms with Gasteiger partial charge in [-0.05, 0) is 31.2 Å². The van der Waals surface area contributed by atoms with Gasteiger partial charge in [0.15, 0.2) is 0 Å². The highest BCUT2D eigenvalue weighted by Gasteiger charge is 2.42. The van der Waals surface area contributed by atoms with E-state index in [9.17, 15) is 17.6 Å². The van der Waals surface area contributed by atoms with Gasteiger partial charge in [0.2, 0.25) is 0 Å². The zero-order valence-electron chi connectivity index (χ0n) is 9.34. The summed E-state index contributed by atoms with van der Waals surface area (Å²) in [6, 6.07) is 3.13. The van der Waals surface area contributed by atoms with Crippen molar-refractivity contribution in [3.63, 3.8) is 0 Å². The molecule has 0 heterocycles. The molecule has 1 rings (SSSR count). The van der Waals surface area contributed by atoms with Crippen LogP contribution >= 0.6 is 0 Å². The molecule has 0 aliphatic heterocycles. The SMILES string of the molecule is CCN(c1ccc(F)cc1)C(CN)C(F)(F)F. The highest BCUT2D eigenvalue weighted by Crippen LogP contribution is 2.28. The summed E-state index contributed by atoms with van der Waals surface area (Å²) in [6.45, 7) is 1.21. The van der Waals surface area contributed by atoms with Gasteiger partial charge in [-0.15, -0.1) is 0 Å². The minimum atomic E-state index is -4.40. The van der Waals surface area contributed by atoms with E-state index in [4.69, 9.17) is 5.73 Å². The van der Waals surface area contributed by atoms with E-state index in [0.717, 1.165) is 17.0 Å². The van der Waals surface area contributed by atoms with Crippen molar-refractivity contribution < 1.29 is 17.6 Å². The topological polar surface area (TPSA) is 29.3 Å². The lowest BCUT2D eigenvalue weighted by Gasteiger charge is -2.33. The number of anilines is 1. The summed E-state index contributed by atoms with van der Waals surface area (Å²) in [5, 5.41) is 0. The largest absolute Gasteiger partial charge is 0.409 e. The van der Waals surface area contributed by atoms with Gasteiger partial charge in [0.25, 0.3) is 0 Å². The molecule has 17 heavy (non-hydrogen) atoms. The Labute approximate surface area is 97.0 Å².